The predicted octanol–water partition coefficient (Wildman–Crippen LogP) is 3.56. The van der Waals surface area contributed by atoms with Crippen molar-refractivity contribution in [1.29, 1.82) is 0 Å². The SMILES string of the molecule is O=S(=O)(NCCOc1ccc2nnc(-c3ccccc3Cl)n2n1)c1ccc(Br)cc1. The van der Waals surface area contributed by atoms with Gasteiger partial charge in [0.05, 0.1) is 9.92 Å². The molecule has 0 spiro atoms. The number of halogens is 2. The average Bonchev–Trinajstić information content (AvgIpc) is 3.15. The maximum Gasteiger partial charge on any atom is 0.240 e. The number of nitrogens with zero attached hydrogens (tertiary/aromatic N) is 4. The highest BCUT2D eigenvalue weighted by atomic mass is 79.9. The number of fused-ring (bicyclic) bond motifs is 1. The lowest BCUT2D eigenvalue weighted by atomic mass is 10.2. The van der Waals surface area contributed by atoms with Gasteiger partial charge in [0.1, 0.15) is 6.61 Å². The predicted molar refractivity (Wildman–Crippen MR) is 116 cm³/mol. The zero-order valence-electron chi connectivity index (χ0n) is 15.4. The van der Waals surface area contributed by atoms with Crippen LogP contribution in [-0.4, -0.2) is 41.4 Å². The second-order valence-electron chi connectivity index (χ2n) is 6.15. The zero-order valence-corrected chi connectivity index (χ0v) is 18.5. The molecule has 2 heterocycles. The molecule has 4 rings (SSSR count). The fraction of sp³-hybridized carbons (Fsp3) is 0.105. The Morgan fingerprint density at radius 2 is 1.80 bits per heavy atom. The fourth-order valence-electron chi connectivity index (χ4n) is 2.69. The average molecular weight is 509 g/mol. The van der Waals surface area contributed by atoms with Crippen molar-refractivity contribution >= 4 is 43.2 Å². The summed E-state index contributed by atoms with van der Waals surface area (Å²) in [6, 6.07) is 17.0. The van der Waals surface area contributed by atoms with Crippen LogP contribution in [0.2, 0.25) is 5.02 Å². The molecule has 0 aliphatic rings. The molecule has 2 aromatic heterocycles. The summed E-state index contributed by atoms with van der Waals surface area (Å²) in [6.07, 6.45) is 0. The van der Waals surface area contributed by atoms with E-state index < -0.39 is 10.0 Å². The van der Waals surface area contributed by atoms with E-state index in [4.69, 9.17) is 16.3 Å². The van der Waals surface area contributed by atoms with Crippen molar-refractivity contribution in [3.63, 3.8) is 0 Å². The number of nitrogens with one attached hydrogen (secondary N) is 1. The van der Waals surface area contributed by atoms with E-state index in [1.54, 1.807) is 30.3 Å². The third kappa shape index (κ3) is 4.46. The Morgan fingerprint density at radius 3 is 2.57 bits per heavy atom. The van der Waals surface area contributed by atoms with Crippen LogP contribution in [0.15, 0.2) is 70.0 Å². The lowest BCUT2D eigenvalue weighted by molar-refractivity contribution is 0.306. The molecule has 0 radical (unpaired) electrons. The Balaban J connectivity index is 1.44. The van der Waals surface area contributed by atoms with Crippen LogP contribution in [-0.2, 0) is 10.0 Å². The lowest BCUT2D eigenvalue weighted by Gasteiger charge is -2.09. The molecule has 0 saturated carbocycles. The van der Waals surface area contributed by atoms with Gasteiger partial charge in [0.25, 0.3) is 0 Å². The van der Waals surface area contributed by atoms with Gasteiger partial charge in [0.15, 0.2) is 11.5 Å². The van der Waals surface area contributed by atoms with E-state index in [0.29, 0.717) is 27.9 Å². The number of hydrogen-bond acceptors (Lipinski definition) is 6. The van der Waals surface area contributed by atoms with E-state index in [2.05, 4.69) is 35.9 Å². The van der Waals surface area contributed by atoms with Gasteiger partial charge in [0.2, 0.25) is 15.9 Å². The lowest BCUT2D eigenvalue weighted by Crippen LogP contribution is -2.28. The first-order chi connectivity index (χ1) is 14.4. The molecule has 0 fully saturated rings. The van der Waals surface area contributed by atoms with Crippen LogP contribution in [0.1, 0.15) is 0 Å². The second kappa shape index (κ2) is 8.68. The quantitative estimate of drug-likeness (QED) is 0.383. The van der Waals surface area contributed by atoms with Gasteiger partial charge in [-0.1, -0.05) is 39.7 Å². The van der Waals surface area contributed by atoms with Crippen molar-refractivity contribution in [2.45, 2.75) is 4.90 Å². The van der Waals surface area contributed by atoms with Gasteiger partial charge < -0.3 is 4.74 Å². The highest BCUT2D eigenvalue weighted by Gasteiger charge is 2.14. The van der Waals surface area contributed by atoms with E-state index in [1.807, 2.05) is 18.2 Å². The summed E-state index contributed by atoms with van der Waals surface area (Å²) in [7, 11) is -3.62. The summed E-state index contributed by atoms with van der Waals surface area (Å²) in [4.78, 5) is 0.180. The molecular weight excluding hydrogens is 494 g/mol. The van der Waals surface area contributed by atoms with E-state index >= 15 is 0 Å². The van der Waals surface area contributed by atoms with E-state index in [-0.39, 0.29) is 18.0 Å². The summed E-state index contributed by atoms with van der Waals surface area (Å²) >= 11 is 9.53. The van der Waals surface area contributed by atoms with Gasteiger partial charge in [-0.15, -0.1) is 15.3 Å². The highest BCUT2D eigenvalue weighted by Crippen LogP contribution is 2.26. The third-order valence-corrected chi connectivity index (χ3v) is 6.46. The van der Waals surface area contributed by atoms with Crippen molar-refractivity contribution in [1.82, 2.24) is 24.5 Å². The minimum absolute atomic E-state index is 0.0810. The number of rotatable bonds is 7. The first kappa shape index (κ1) is 20.7. The molecule has 1 N–H and O–H groups in total. The Labute approximate surface area is 186 Å². The summed E-state index contributed by atoms with van der Waals surface area (Å²) in [5.41, 5.74) is 1.23. The van der Waals surface area contributed by atoms with Crippen LogP contribution in [0, 0.1) is 0 Å². The Morgan fingerprint density at radius 1 is 1.03 bits per heavy atom. The second-order valence-corrected chi connectivity index (χ2v) is 9.24. The smallest absolute Gasteiger partial charge is 0.240 e. The maximum atomic E-state index is 12.3. The standard InChI is InChI=1S/C19H15BrClN5O3S/c20-13-5-7-14(8-6-13)30(27,28)22-11-12-29-18-10-9-17-23-24-19(26(17)25-18)15-3-1-2-4-16(15)21/h1-10,22H,11-12H2. The van der Waals surface area contributed by atoms with Crippen LogP contribution < -0.4 is 9.46 Å². The van der Waals surface area contributed by atoms with E-state index in [1.165, 1.54) is 16.6 Å². The zero-order chi connectivity index (χ0) is 21.1. The first-order valence-corrected chi connectivity index (χ1v) is 11.4. The molecule has 0 aliphatic carbocycles. The Kier molecular flexibility index (Phi) is 6.00. The van der Waals surface area contributed by atoms with Gasteiger partial charge in [-0.3, -0.25) is 0 Å². The van der Waals surface area contributed by atoms with Crippen molar-refractivity contribution in [2.24, 2.45) is 0 Å². The van der Waals surface area contributed by atoms with Crippen LogP contribution in [0.5, 0.6) is 5.88 Å². The Bertz CT molecular complexity index is 1300. The summed E-state index contributed by atoms with van der Waals surface area (Å²) in [5.74, 6) is 0.787. The van der Waals surface area contributed by atoms with Crippen LogP contribution in [0.3, 0.4) is 0 Å². The molecule has 8 nitrogen and oxygen atoms in total. The number of aromatic nitrogens is 4. The van der Waals surface area contributed by atoms with E-state index in [0.717, 1.165) is 4.47 Å². The molecule has 0 amide bonds. The molecule has 0 aliphatic heterocycles. The summed E-state index contributed by atoms with van der Waals surface area (Å²) in [6.45, 7) is 0.176. The highest BCUT2D eigenvalue weighted by molar-refractivity contribution is 9.10. The monoisotopic (exact) mass is 507 g/mol. The number of sulfonamides is 1. The van der Waals surface area contributed by atoms with Crippen molar-refractivity contribution < 1.29 is 13.2 Å². The molecule has 30 heavy (non-hydrogen) atoms. The normalized spacial score (nSPS) is 11.7. The maximum absolute atomic E-state index is 12.3. The summed E-state index contributed by atoms with van der Waals surface area (Å²) < 4.78 is 35.0. The minimum Gasteiger partial charge on any atom is -0.475 e. The van der Waals surface area contributed by atoms with Crippen molar-refractivity contribution in [3.05, 3.63) is 70.2 Å². The molecule has 0 bridgehead atoms. The van der Waals surface area contributed by atoms with Gasteiger partial charge in [-0.2, -0.15) is 4.52 Å². The van der Waals surface area contributed by atoms with Crippen molar-refractivity contribution in [3.8, 4) is 17.3 Å². The molecule has 0 unspecified atom stereocenters. The number of ether oxygens (including phenoxy) is 1. The molecule has 0 saturated heterocycles. The van der Waals surface area contributed by atoms with Gasteiger partial charge in [-0.25, -0.2) is 13.1 Å². The molecule has 11 heteroatoms. The van der Waals surface area contributed by atoms with Gasteiger partial charge in [-0.05, 0) is 42.5 Å². The minimum atomic E-state index is -3.62. The number of hydrogen-bond donors (Lipinski definition) is 1. The summed E-state index contributed by atoms with van der Waals surface area (Å²) in [5, 5.41) is 13.2. The van der Waals surface area contributed by atoms with Crippen LogP contribution in [0.4, 0.5) is 0 Å². The molecule has 2 aromatic carbocycles. The van der Waals surface area contributed by atoms with E-state index in [9.17, 15) is 8.42 Å². The molecule has 0 atom stereocenters. The third-order valence-electron chi connectivity index (χ3n) is 4.12. The first-order valence-electron chi connectivity index (χ1n) is 8.79. The van der Waals surface area contributed by atoms with Gasteiger partial charge >= 0.3 is 0 Å². The van der Waals surface area contributed by atoms with Crippen molar-refractivity contribution in [2.75, 3.05) is 13.2 Å². The van der Waals surface area contributed by atoms with Crippen LogP contribution >= 0.6 is 27.5 Å². The Hall–Kier alpha value is -2.53. The molecular formula is C19H15BrClN5O3S. The number of benzene rings is 2. The fourth-order valence-corrected chi connectivity index (χ4v) is 4.19. The largest absolute Gasteiger partial charge is 0.475 e. The molecule has 4 aromatic rings. The van der Waals surface area contributed by atoms with Crippen LogP contribution in [0.25, 0.3) is 17.0 Å². The van der Waals surface area contributed by atoms with Gasteiger partial charge in [0, 0.05) is 22.6 Å². The molecule has 154 valence electrons. The topological polar surface area (TPSA) is 98.5 Å².